The lowest BCUT2D eigenvalue weighted by atomic mass is 9.99. The summed E-state index contributed by atoms with van der Waals surface area (Å²) in [6.07, 6.45) is 3.93. The van der Waals surface area contributed by atoms with Crippen LogP contribution in [-0.4, -0.2) is 44.2 Å². The van der Waals surface area contributed by atoms with E-state index in [1.54, 1.807) is 19.2 Å². The minimum Gasteiger partial charge on any atom is -0.497 e. The normalized spacial score (nSPS) is 19.7. The Kier molecular flexibility index (Phi) is 6.50. The maximum Gasteiger partial charge on any atom is 0.125 e. The minimum atomic E-state index is -0.257. The highest BCUT2D eigenvalue weighted by Crippen LogP contribution is 2.29. The van der Waals surface area contributed by atoms with Gasteiger partial charge in [0.05, 0.1) is 18.5 Å². The van der Waals surface area contributed by atoms with Crippen molar-refractivity contribution < 1.29 is 13.5 Å². The number of nitrogens with two attached hydrogens (primary N) is 1. The Labute approximate surface area is 159 Å². The topological polar surface area (TPSA) is 41.7 Å². The highest BCUT2D eigenvalue weighted by molar-refractivity contribution is 5.67. The van der Waals surface area contributed by atoms with E-state index in [0.29, 0.717) is 17.5 Å². The van der Waals surface area contributed by atoms with Gasteiger partial charge in [-0.3, -0.25) is 4.90 Å². The monoisotopic (exact) mass is 375 g/mol. The summed E-state index contributed by atoms with van der Waals surface area (Å²) < 4.78 is 30.0. The lowest BCUT2D eigenvalue weighted by Gasteiger charge is -2.45. The average Bonchev–Trinajstić information content (AvgIpc) is 2.69. The maximum atomic E-state index is 13.1. The highest BCUT2D eigenvalue weighted by Gasteiger charge is 2.29. The van der Waals surface area contributed by atoms with Crippen molar-refractivity contribution in [2.24, 2.45) is 0 Å². The SMILES string of the molecule is COc1ccc(F)cc1.Nc1cc(F)ccc1N1CCN2CCCCC2C1. The molecular formula is C21H27F2N3O. The first-order valence-electron chi connectivity index (χ1n) is 9.40. The number of benzene rings is 2. The average molecular weight is 375 g/mol. The molecule has 4 nitrogen and oxygen atoms in total. The van der Waals surface area contributed by atoms with Crippen LogP contribution in [0.2, 0.25) is 0 Å². The van der Waals surface area contributed by atoms with Gasteiger partial charge in [-0.1, -0.05) is 6.42 Å². The predicted molar refractivity (Wildman–Crippen MR) is 105 cm³/mol. The molecule has 2 fully saturated rings. The van der Waals surface area contributed by atoms with Gasteiger partial charge in [0.1, 0.15) is 17.4 Å². The zero-order valence-corrected chi connectivity index (χ0v) is 15.7. The summed E-state index contributed by atoms with van der Waals surface area (Å²) in [6.45, 7) is 4.35. The van der Waals surface area contributed by atoms with Crippen LogP contribution in [0, 0.1) is 11.6 Å². The van der Waals surface area contributed by atoms with Gasteiger partial charge in [0.15, 0.2) is 0 Å². The van der Waals surface area contributed by atoms with Crippen molar-refractivity contribution in [1.29, 1.82) is 0 Å². The molecule has 0 spiro atoms. The van der Waals surface area contributed by atoms with Gasteiger partial charge in [-0.15, -0.1) is 0 Å². The van der Waals surface area contributed by atoms with Crippen molar-refractivity contribution in [2.75, 3.05) is 43.9 Å². The van der Waals surface area contributed by atoms with E-state index >= 15 is 0 Å². The fraction of sp³-hybridized carbons (Fsp3) is 0.429. The fourth-order valence-electron chi connectivity index (χ4n) is 3.76. The van der Waals surface area contributed by atoms with Gasteiger partial charge >= 0.3 is 0 Å². The van der Waals surface area contributed by atoms with Gasteiger partial charge in [0.2, 0.25) is 0 Å². The minimum absolute atomic E-state index is 0.240. The van der Waals surface area contributed by atoms with Crippen LogP contribution < -0.4 is 15.4 Å². The molecule has 6 heteroatoms. The molecule has 4 rings (SSSR count). The van der Waals surface area contributed by atoms with Crippen LogP contribution in [0.25, 0.3) is 0 Å². The van der Waals surface area contributed by atoms with E-state index in [-0.39, 0.29) is 11.6 Å². The second kappa shape index (κ2) is 9.04. The predicted octanol–water partition coefficient (Wildman–Crippen LogP) is 3.92. The summed E-state index contributed by atoms with van der Waals surface area (Å²) in [5.41, 5.74) is 7.47. The first-order chi connectivity index (χ1) is 13.1. The molecule has 0 saturated carbocycles. The molecule has 1 unspecified atom stereocenters. The summed E-state index contributed by atoms with van der Waals surface area (Å²) in [5, 5.41) is 0. The molecule has 0 bridgehead atoms. The fourth-order valence-corrected chi connectivity index (χ4v) is 3.76. The van der Waals surface area contributed by atoms with Crippen molar-refractivity contribution in [3.63, 3.8) is 0 Å². The summed E-state index contributed by atoms with van der Waals surface area (Å²) in [5.74, 6) is 0.180. The Balaban J connectivity index is 0.000000197. The summed E-state index contributed by atoms with van der Waals surface area (Å²) >= 11 is 0. The highest BCUT2D eigenvalue weighted by atomic mass is 19.1. The van der Waals surface area contributed by atoms with E-state index in [1.807, 2.05) is 6.07 Å². The third-order valence-electron chi connectivity index (χ3n) is 5.22. The van der Waals surface area contributed by atoms with Crippen LogP contribution in [-0.2, 0) is 0 Å². The number of ether oxygens (including phenoxy) is 1. The lowest BCUT2D eigenvalue weighted by Crippen LogP contribution is -2.55. The van der Waals surface area contributed by atoms with Crippen molar-refractivity contribution in [2.45, 2.75) is 25.3 Å². The van der Waals surface area contributed by atoms with Crippen molar-refractivity contribution in [1.82, 2.24) is 4.90 Å². The molecule has 2 aliphatic rings. The number of methoxy groups -OCH3 is 1. The Bertz CT molecular complexity index is 739. The first-order valence-corrected chi connectivity index (χ1v) is 9.40. The van der Waals surface area contributed by atoms with Gasteiger partial charge in [0, 0.05) is 25.7 Å². The number of halogens is 2. The molecule has 0 radical (unpaired) electrons. The second-order valence-electron chi connectivity index (χ2n) is 6.99. The van der Waals surface area contributed by atoms with Gasteiger partial charge in [0.25, 0.3) is 0 Å². The second-order valence-corrected chi connectivity index (χ2v) is 6.99. The Morgan fingerprint density at radius 2 is 1.70 bits per heavy atom. The third-order valence-corrected chi connectivity index (χ3v) is 5.22. The van der Waals surface area contributed by atoms with E-state index < -0.39 is 0 Å². The summed E-state index contributed by atoms with van der Waals surface area (Å²) in [6, 6.07) is 11.3. The third kappa shape index (κ3) is 5.10. The molecule has 2 N–H and O–H groups in total. The maximum absolute atomic E-state index is 13.1. The zero-order chi connectivity index (χ0) is 19.2. The molecular weight excluding hydrogens is 348 g/mol. The van der Waals surface area contributed by atoms with Crippen LogP contribution in [0.1, 0.15) is 19.3 Å². The molecule has 2 aromatic rings. The quantitative estimate of drug-likeness (QED) is 0.808. The molecule has 27 heavy (non-hydrogen) atoms. The van der Waals surface area contributed by atoms with E-state index in [2.05, 4.69) is 9.80 Å². The molecule has 2 aliphatic heterocycles. The van der Waals surface area contributed by atoms with E-state index in [4.69, 9.17) is 10.5 Å². The molecule has 1 atom stereocenters. The Hall–Kier alpha value is -2.34. The van der Waals surface area contributed by atoms with Crippen LogP contribution in [0.5, 0.6) is 5.75 Å². The Morgan fingerprint density at radius 3 is 2.41 bits per heavy atom. The number of piperazine rings is 1. The van der Waals surface area contributed by atoms with Crippen molar-refractivity contribution in [3.8, 4) is 5.75 Å². The van der Waals surface area contributed by atoms with E-state index in [1.165, 1.54) is 50.1 Å². The number of hydrogen-bond acceptors (Lipinski definition) is 4. The largest absolute Gasteiger partial charge is 0.497 e. The van der Waals surface area contributed by atoms with Crippen LogP contribution in [0.3, 0.4) is 0 Å². The van der Waals surface area contributed by atoms with Crippen LogP contribution in [0.15, 0.2) is 42.5 Å². The van der Waals surface area contributed by atoms with Gasteiger partial charge in [-0.2, -0.15) is 0 Å². The number of nitrogens with zero attached hydrogens (tertiary/aromatic N) is 2. The zero-order valence-electron chi connectivity index (χ0n) is 15.7. The molecule has 2 heterocycles. The summed E-state index contributed by atoms with van der Waals surface area (Å²) in [7, 11) is 1.55. The van der Waals surface area contributed by atoms with Crippen molar-refractivity contribution >= 4 is 11.4 Å². The summed E-state index contributed by atoms with van der Waals surface area (Å²) in [4.78, 5) is 4.89. The number of piperidine rings is 1. The van der Waals surface area contributed by atoms with Gasteiger partial charge in [-0.05, 0) is 61.9 Å². The smallest absolute Gasteiger partial charge is 0.125 e. The molecule has 2 saturated heterocycles. The molecule has 0 amide bonds. The van der Waals surface area contributed by atoms with E-state index in [0.717, 1.165) is 25.3 Å². The number of fused-ring (bicyclic) bond motifs is 1. The number of nitrogen functional groups attached to an aromatic ring is 1. The van der Waals surface area contributed by atoms with Gasteiger partial charge in [-0.25, -0.2) is 8.78 Å². The first kappa shape index (κ1) is 19.4. The number of hydrogen-bond donors (Lipinski definition) is 1. The van der Waals surface area contributed by atoms with Crippen LogP contribution in [0.4, 0.5) is 20.2 Å². The molecule has 0 aromatic heterocycles. The molecule has 0 aliphatic carbocycles. The van der Waals surface area contributed by atoms with E-state index in [9.17, 15) is 8.78 Å². The van der Waals surface area contributed by atoms with Crippen molar-refractivity contribution in [3.05, 3.63) is 54.1 Å². The number of anilines is 2. The Morgan fingerprint density at radius 1 is 0.963 bits per heavy atom. The van der Waals surface area contributed by atoms with Crippen LogP contribution >= 0.6 is 0 Å². The van der Waals surface area contributed by atoms with Gasteiger partial charge < -0.3 is 15.4 Å². The lowest BCUT2D eigenvalue weighted by molar-refractivity contribution is 0.133. The standard InChI is InChI=1S/C14H20FN3.C7H7FO/c15-11-4-5-14(13(16)9-11)18-8-7-17-6-2-1-3-12(17)10-18;1-9-7-4-2-6(8)3-5-7/h4-5,9,12H,1-3,6-8,10,16H2;2-5H,1H3. The number of rotatable bonds is 2. The molecule has 2 aromatic carbocycles. The molecule has 146 valence electrons.